The molecule has 0 saturated carbocycles. The van der Waals surface area contributed by atoms with E-state index in [4.69, 9.17) is 9.26 Å². The van der Waals surface area contributed by atoms with Crippen molar-refractivity contribution in [1.29, 1.82) is 0 Å². The third-order valence-corrected chi connectivity index (χ3v) is 4.38. The lowest BCUT2D eigenvalue weighted by atomic mass is 9.97. The van der Waals surface area contributed by atoms with Gasteiger partial charge in [0.05, 0.1) is 24.1 Å². The Bertz CT molecular complexity index is 720. The fraction of sp³-hybridized carbons (Fsp3) is 0.450. The summed E-state index contributed by atoms with van der Waals surface area (Å²) in [4.78, 5) is 24.8. The summed E-state index contributed by atoms with van der Waals surface area (Å²) in [5.41, 5.74) is 2.52. The van der Waals surface area contributed by atoms with E-state index in [1.54, 1.807) is 20.8 Å². The number of rotatable bonds is 8. The van der Waals surface area contributed by atoms with E-state index in [1.165, 1.54) is 0 Å². The van der Waals surface area contributed by atoms with Gasteiger partial charge in [-0.1, -0.05) is 35.5 Å². The van der Waals surface area contributed by atoms with E-state index in [0.717, 1.165) is 11.1 Å². The van der Waals surface area contributed by atoms with Gasteiger partial charge in [-0.05, 0) is 39.7 Å². The van der Waals surface area contributed by atoms with Gasteiger partial charge in [-0.15, -0.1) is 0 Å². The average molecular weight is 358 g/mol. The topological polar surface area (TPSA) is 81.4 Å². The van der Waals surface area contributed by atoms with Gasteiger partial charge in [-0.3, -0.25) is 9.59 Å². The van der Waals surface area contributed by atoms with E-state index in [-0.39, 0.29) is 18.4 Å². The molecule has 1 amide bonds. The molecule has 26 heavy (non-hydrogen) atoms. The third-order valence-electron chi connectivity index (χ3n) is 4.38. The Hall–Kier alpha value is -2.63. The van der Waals surface area contributed by atoms with Crippen molar-refractivity contribution in [3.63, 3.8) is 0 Å². The van der Waals surface area contributed by atoms with E-state index in [0.29, 0.717) is 24.5 Å². The smallest absolute Gasteiger partial charge is 0.311 e. The molecule has 1 aromatic carbocycles. The molecule has 6 nitrogen and oxygen atoms in total. The first-order chi connectivity index (χ1) is 12.4. The van der Waals surface area contributed by atoms with E-state index >= 15 is 0 Å². The molecular formula is C20H26N2O4. The van der Waals surface area contributed by atoms with Crippen LogP contribution in [0.25, 0.3) is 0 Å². The monoisotopic (exact) mass is 358 g/mol. The van der Waals surface area contributed by atoms with E-state index in [1.807, 2.05) is 37.3 Å². The maximum absolute atomic E-state index is 12.6. The number of ether oxygens (including phenoxy) is 1. The zero-order valence-electron chi connectivity index (χ0n) is 15.7. The van der Waals surface area contributed by atoms with Gasteiger partial charge in [-0.2, -0.15) is 0 Å². The Morgan fingerprint density at radius 3 is 2.50 bits per heavy atom. The summed E-state index contributed by atoms with van der Waals surface area (Å²) in [6.45, 7) is 7.71. The second-order valence-electron chi connectivity index (χ2n) is 6.34. The van der Waals surface area contributed by atoms with Crippen LogP contribution in [0.4, 0.5) is 0 Å². The molecule has 2 rings (SSSR count). The standard InChI is InChI=1S/C20H26N2O4/c1-5-25-20(24)17(11-16-9-7-6-8-10-16)12-21-19(23)13(2)18-14(3)22-26-15(18)4/h6-10,13,17H,5,11-12H2,1-4H3,(H,21,23). The number of hydrogen-bond acceptors (Lipinski definition) is 5. The van der Waals surface area contributed by atoms with Crippen molar-refractivity contribution in [2.75, 3.05) is 13.2 Å². The van der Waals surface area contributed by atoms with Gasteiger partial charge in [0.15, 0.2) is 0 Å². The molecule has 0 fully saturated rings. The number of hydrogen-bond donors (Lipinski definition) is 1. The summed E-state index contributed by atoms with van der Waals surface area (Å²) in [7, 11) is 0. The lowest BCUT2D eigenvalue weighted by Crippen LogP contribution is -2.37. The molecule has 0 saturated heterocycles. The molecule has 2 atom stereocenters. The minimum Gasteiger partial charge on any atom is -0.466 e. The highest BCUT2D eigenvalue weighted by Gasteiger charge is 2.26. The van der Waals surface area contributed by atoms with Crippen molar-refractivity contribution < 1.29 is 18.8 Å². The Kier molecular flexibility index (Phi) is 6.95. The number of esters is 1. The maximum atomic E-state index is 12.6. The van der Waals surface area contributed by atoms with Crippen LogP contribution in [-0.2, 0) is 20.7 Å². The molecular weight excluding hydrogens is 332 g/mol. The predicted molar refractivity (Wildman–Crippen MR) is 97.7 cm³/mol. The number of nitrogens with zero attached hydrogens (tertiary/aromatic N) is 1. The van der Waals surface area contributed by atoms with Gasteiger partial charge in [0.1, 0.15) is 5.76 Å². The number of nitrogens with one attached hydrogen (secondary N) is 1. The zero-order valence-corrected chi connectivity index (χ0v) is 15.7. The van der Waals surface area contributed by atoms with Crippen LogP contribution in [0, 0.1) is 19.8 Å². The molecule has 0 aliphatic carbocycles. The first-order valence-corrected chi connectivity index (χ1v) is 8.85. The molecule has 140 valence electrons. The van der Waals surface area contributed by atoms with Gasteiger partial charge in [0, 0.05) is 12.1 Å². The van der Waals surface area contributed by atoms with Crippen LogP contribution in [0.3, 0.4) is 0 Å². The number of aryl methyl sites for hydroxylation is 2. The molecule has 1 heterocycles. The van der Waals surface area contributed by atoms with Crippen LogP contribution < -0.4 is 5.32 Å². The predicted octanol–water partition coefficient (Wildman–Crippen LogP) is 2.93. The summed E-state index contributed by atoms with van der Waals surface area (Å²) in [5.74, 6) is -0.668. The number of carbonyl (C=O) groups excluding carboxylic acids is 2. The van der Waals surface area contributed by atoms with Crippen molar-refractivity contribution in [2.24, 2.45) is 5.92 Å². The minimum absolute atomic E-state index is 0.165. The molecule has 1 N–H and O–H groups in total. The summed E-state index contributed by atoms with van der Waals surface area (Å²) in [6.07, 6.45) is 0.514. The van der Waals surface area contributed by atoms with Crippen LogP contribution in [0.15, 0.2) is 34.9 Å². The molecule has 0 bridgehead atoms. The number of carbonyl (C=O) groups is 2. The highest BCUT2D eigenvalue weighted by molar-refractivity contribution is 5.84. The fourth-order valence-corrected chi connectivity index (χ4v) is 3.01. The van der Waals surface area contributed by atoms with Crippen LogP contribution in [0.2, 0.25) is 0 Å². The quantitative estimate of drug-likeness (QED) is 0.734. The molecule has 0 aliphatic rings. The molecule has 0 spiro atoms. The molecule has 0 aliphatic heterocycles. The van der Waals surface area contributed by atoms with Crippen LogP contribution in [-0.4, -0.2) is 30.2 Å². The van der Waals surface area contributed by atoms with Crippen LogP contribution in [0.1, 0.15) is 42.3 Å². The van der Waals surface area contributed by atoms with Gasteiger partial charge < -0.3 is 14.6 Å². The summed E-state index contributed by atoms with van der Waals surface area (Å²) >= 11 is 0. The fourth-order valence-electron chi connectivity index (χ4n) is 3.01. The lowest BCUT2D eigenvalue weighted by molar-refractivity contribution is -0.147. The molecule has 1 aromatic heterocycles. The zero-order chi connectivity index (χ0) is 19.1. The highest BCUT2D eigenvalue weighted by Crippen LogP contribution is 2.23. The van der Waals surface area contributed by atoms with Gasteiger partial charge in [0.25, 0.3) is 0 Å². The van der Waals surface area contributed by atoms with Gasteiger partial charge in [0.2, 0.25) is 5.91 Å². The molecule has 6 heteroatoms. The first-order valence-electron chi connectivity index (χ1n) is 8.85. The largest absolute Gasteiger partial charge is 0.466 e. The lowest BCUT2D eigenvalue weighted by Gasteiger charge is -2.18. The summed E-state index contributed by atoms with van der Waals surface area (Å²) in [6, 6.07) is 9.70. The highest BCUT2D eigenvalue weighted by atomic mass is 16.5. The van der Waals surface area contributed by atoms with Crippen molar-refractivity contribution >= 4 is 11.9 Å². The Morgan fingerprint density at radius 2 is 1.92 bits per heavy atom. The second kappa shape index (κ2) is 9.17. The van der Waals surface area contributed by atoms with Gasteiger partial charge in [-0.25, -0.2) is 0 Å². The normalized spacial score (nSPS) is 13.1. The number of amides is 1. The van der Waals surface area contributed by atoms with E-state index < -0.39 is 11.8 Å². The van der Waals surface area contributed by atoms with Crippen molar-refractivity contribution in [3.8, 4) is 0 Å². The maximum Gasteiger partial charge on any atom is 0.311 e. The van der Waals surface area contributed by atoms with Crippen molar-refractivity contribution in [2.45, 2.75) is 40.0 Å². The van der Waals surface area contributed by atoms with Gasteiger partial charge >= 0.3 is 5.97 Å². The first kappa shape index (κ1) is 19.7. The Balaban J connectivity index is 2.03. The summed E-state index contributed by atoms with van der Waals surface area (Å²) < 4.78 is 10.3. The SMILES string of the molecule is CCOC(=O)C(CNC(=O)C(C)c1c(C)noc1C)Cc1ccccc1. The van der Waals surface area contributed by atoms with E-state index in [2.05, 4.69) is 10.5 Å². The van der Waals surface area contributed by atoms with Crippen molar-refractivity contribution in [3.05, 3.63) is 52.9 Å². The molecule has 2 unspecified atom stereocenters. The molecule has 2 aromatic rings. The van der Waals surface area contributed by atoms with Crippen molar-refractivity contribution in [1.82, 2.24) is 10.5 Å². The Labute approximate surface area is 153 Å². The minimum atomic E-state index is -0.432. The number of benzene rings is 1. The Morgan fingerprint density at radius 1 is 1.23 bits per heavy atom. The number of aromatic nitrogens is 1. The average Bonchev–Trinajstić information content (AvgIpc) is 2.97. The van der Waals surface area contributed by atoms with Crippen LogP contribution in [0.5, 0.6) is 0 Å². The summed E-state index contributed by atoms with van der Waals surface area (Å²) in [5, 5.41) is 6.77. The third kappa shape index (κ3) is 4.94. The second-order valence-corrected chi connectivity index (χ2v) is 6.34. The molecule has 0 radical (unpaired) electrons. The van der Waals surface area contributed by atoms with E-state index in [9.17, 15) is 9.59 Å². The van der Waals surface area contributed by atoms with Crippen LogP contribution >= 0.6 is 0 Å².